The molecule has 0 unspecified atom stereocenters. The first kappa shape index (κ1) is 23.6. The Morgan fingerprint density at radius 2 is 2.08 bits per heavy atom. The molecule has 2 amide bonds. The molecule has 0 aromatic carbocycles. The first-order chi connectivity index (χ1) is 17.6. The van der Waals surface area contributed by atoms with Crippen LogP contribution in [-0.2, 0) is 20.9 Å². The number of anilines is 2. The van der Waals surface area contributed by atoms with E-state index in [1.54, 1.807) is 24.9 Å². The molecule has 1 saturated heterocycles. The third kappa shape index (κ3) is 5.09. The molecular formula is C24H24N8O3S. The maximum atomic E-state index is 12.7. The van der Waals surface area contributed by atoms with Gasteiger partial charge in [-0.05, 0) is 23.8 Å². The molecule has 11 nitrogen and oxygen atoms in total. The molecule has 1 fully saturated rings. The molecule has 0 bridgehead atoms. The first-order valence-corrected chi connectivity index (χ1v) is 12.2. The van der Waals surface area contributed by atoms with E-state index in [-0.39, 0.29) is 18.4 Å². The lowest BCUT2D eigenvalue weighted by Crippen LogP contribution is -2.55. The summed E-state index contributed by atoms with van der Waals surface area (Å²) in [4.78, 5) is 44.6. The molecule has 0 radical (unpaired) electrons. The number of hydrogen-bond donors (Lipinski definition) is 2. The van der Waals surface area contributed by atoms with Gasteiger partial charge in [0.2, 0.25) is 11.8 Å². The molecule has 0 aliphatic carbocycles. The van der Waals surface area contributed by atoms with Gasteiger partial charge in [0.05, 0.1) is 36.1 Å². The number of carbonyl (C=O) groups excluding carboxylic acids is 2. The summed E-state index contributed by atoms with van der Waals surface area (Å²) >= 11 is 1.52. The minimum Gasteiger partial charge on any atom is -0.377 e. The number of fused-ring (bicyclic) bond motifs is 1. The number of morpholine rings is 1. The van der Waals surface area contributed by atoms with Crippen LogP contribution in [0.1, 0.15) is 0 Å². The smallest absolute Gasteiger partial charge is 0.246 e. The molecule has 36 heavy (non-hydrogen) atoms. The minimum atomic E-state index is -0.667. The van der Waals surface area contributed by atoms with Crippen LogP contribution in [-0.4, -0.2) is 73.6 Å². The number of carbonyl (C=O) groups is 2. The maximum Gasteiger partial charge on any atom is 0.246 e. The van der Waals surface area contributed by atoms with Crippen LogP contribution >= 0.6 is 11.3 Å². The molecule has 1 aliphatic rings. The van der Waals surface area contributed by atoms with Crippen LogP contribution in [0.15, 0.2) is 62.0 Å². The monoisotopic (exact) mass is 504 g/mol. The Morgan fingerprint density at radius 1 is 1.22 bits per heavy atom. The van der Waals surface area contributed by atoms with Crippen molar-refractivity contribution in [1.82, 2.24) is 34.7 Å². The standard InChI is InChI=1S/C24H24N8O3S/c1-2-22(33)32-9-10-35-14-19(32)23(34)26-7-8-31-15-29-17-12-27-21(11-18(17)31)30-24-28-13-20(36-24)16-3-5-25-6-4-16/h2-6,11-13,15,19H,1,7-10,14H2,(H,26,34)(H,27,28,30)/t19-/m0/s1. The van der Waals surface area contributed by atoms with E-state index in [1.807, 2.05) is 29.0 Å². The van der Waals surface area contributed by atoms with Crippen molar-refractivity contribution in [2.75, 3.05) is 31.6 Å². The summed E-state index contributed by atoms with van der Waals surface area (Å²) in [7, 11) is 0. The molecular weight excluding hydrogens is 480 g/mol. The number of ether oxygens (including phenoxy) is 1. The van der Waals surface area contributed by atoms with Crippen molar-refractivity contribution < 1.29 is 14.3 Å². The molecule has 1 aliphatic heterocycles. The number of hydrogen-bond acceptors (Lipinski definition) is 9. The van der Waals surface area contributed by atoms with E-state index in [0.717, 1.165) is 26.6 Å². The van der Waals surface area contributed by atoms with Crippen LogP contribution in [0.2, 0.25) is 0 Å². The van der Waals surface area contributed by atoms with E-state index in [1.165, 1.54) is 22.3 Å². The van der Waals surface area contributed by atoms with Gasteiger partial charge in [-0.3, -0.25) is 14.6 Å². The molecule has 12 heteroatoms. The van der Waals surface area contributed by atoms with Crippen LogP contribution in [0.5, 0.6) is 0 Å². The van der Waals surface area contributed by atoms with Gasteiger partial charge < -0.3 is 24.8 Å². The lowest BCUT2D eigenvalue weighted by molar-refractivity contribution is -0.145. The Morgan fingerprint density at radius 3 is 2.92 bits per heavy atom. The summed E-state index contributed by atoms with van der Waals surface area (Å²) in [6, 6.07) is 5.11. The summed E-state index contributed by atoms with van der Waals surface area (Å²) in [6.45, 7) is 5.31. The Labute approximate surface area is 210 Å². The van der Waals surface area contributed by atoms with Gasteiger partial charge in [0.15, 0.2) is 5.13 Å². The van der Waals surface area contributed by atoms with Crippen LogP contribution in [0.25, 0.3) is 21.5 Å². The van der Waals surface area contributed by atoms with Crippen LogP contribution in [0.3, 0.4) is 0 Å². The summed E-state index contributed by atoms with van der Waals surface area (Å²) in [6.07, 6.45) is 9.94. The Bertz CT molecular complexity index is 1390. The van der Waals surface area contributed by atoms with Gasteiger partial charge in [-0.15, -0.1) is 0 Å². The van der Waals surface area contributed by atoms with E-state index in [2.05, 4.69) is 37.1 Å². The summed E-state index contributed by atoms with van der Waals surface area (Å²) in [5.74, 6) is 0.105. The third-order valence-electron chi connectivity index (χ3n) is 5.75. The number of imidazole rings is 1. The van der Waals surface area contributed by atoms with Crippen molar-refractivity contribution in [3.05, 3.63) is 62.0 Å². The number of nitrogens with zero attached hydrogens (tertiary/aromatic N) is 6. The van der Waals surface area contributed by atoms with Gasteiger partial charge in [0.25, 0.3) is 0 Å². The second kappa shape index (κ2) is 10.6. The minimum absolute atomic E-state index is 0.166. The molecule has 184 valence electrons. The highest BCUT2D eigenvalue weighted by Crippen LogP contribution is 2.30. The summed E-state index contributed by atoms with van der Waals surface area (Å²) in [5, 5.41) is 6.87. The van der Waals surface area contributed by atoms with E-state index in [4.69, 9.17) is 4.74 Å². The molecule has 5 rings (SSSR count). The first-order valence-electron chi connectivity index (χ1n) is 11.3. The highest BCUT2D eigenvalue weighted by atomic mass is 32.1. The van der Waals surface area contributed by atoms with Crippen LogP contribution in [0, 0.1) is 0 Å². The number of nitrogens with one attached hydrogen (secondary N) is 2. The van der Waals surface area contributed by atoms with E-state index in [0.29, 0.717) is 32.1 Å². The highest BCUT2D eigenvalue weighted by Gasteiger charge is 2.31. The van der Waals surface area contributed by atoms with Crippen molar-refractivity contribution in [3.8, 4) is 10.4 Å². The van der Waals surface area contributed by atoms with Gasteiger partial charge >= 0.3 is 0 Å². The summed E-state index contributed by atoms with van der Waals surface area (Å²) < 4.78 is 7.34. The second-order valence-corrected chi connectivity index (χ2v) is 9.03. The van der Waals surface area contributed by atoms with E-state index < -0.39 is 6.04 Å². The normalized spacial score (nSPS) is 15.6. The fourth-order valence-electron chi connectivity index (χ4n) is 3.92. The second-order valence-electron chi connectivity index (χ2n) is 8.00. The summed E-state index contributed by atoms with van der Waals surface area (Å²) in [5.41, 5.74) is 2.67. The number of amides is 2. The third-order valence-corrected chi connectivity index (χ3v) is 6.72. The largest absolute Gasteiger partial charge is 0.377 e. The Kier molecular flexibility index (Phi) is 6.96. The fourth-order valence-corrected chi connectivity index (χ4v) is 4.75. The number of thiazole rings is 1. The molecule has 4 aromatic heterocycles. The number of pyridine rings is 2. The van der Waals surface area contributed by atoms with Crippen LogP contribution < -0.4 is 10.6 Å². The maximum absolute atomic E-state index is 12.7. The molecule has 0 spiro atoms. The van der Waals surface area contributed by atoms with Crippen LogP contribution in [0.4, 0.5) is 10.9 Å². The zero-order valence-corrected chi connectivity index (χ0v) is 20.1. The zero-order valence-electron chi connectivity index (χ0n) is 19.3. The molecule has 5 heterocycles. The average molecular weight is 505 g/mol. The van der Waals surface area contributed by atoms with E-state index in [9.17, 15) is 9.59 Å². The predicted octanol–water partition coefficient (Wildman–Crippen LogP) is 2.22. The average Bonchev–Trinajstić information content (AvgIpc) is 3.56. The van der Waals surface area contributed by atoms with Gasteiger partial charge in [0.1, 0.15) is 17.4 Å². The Hall–Kier alpha value is -4.16. The lowest BCUT2D eigenvalue weighted by Gasteiger charge is -2.33. The molecule has 0 saturated carbocycles. The van der Waals surface area contributed by atoms with Crippen molar-refractivity contribution in [1.29, 1.82) is 0 Å². The van der Waals surface area contributed by atoms with E-state index >= 15 is 0 Å². The van der Waals surface area contributed by atoms with Crippen molar-refractivity contribution in [3.63, 3.8) is 0 Å². The van der Waals surface area contributed by atoms with Crippen molar-refractivity contribution in [2.45, 2.75) is 12.6 Å². The van der Waals surface area contributed by atoms with Gasteiger partial charge in [-0.25, -0.2) is 15.0 Å². The fraction of sp³-hybridized carbons (Fsp3) is 0.250. The molecule has 1 atom stereocenters. The van der Waals surface area contributed by atoms with Crippen molar-refractivity contribution in [2.24, 2.45) is 0 Å². The quantitative estimate of drug-likeness (QED) is 0.350. The van der Waals surface area contributed by atoms with Crippen molar-refractivity contribution >= 4 is 45.1 Å². The zero-order chi connectivity index (χ0) is 24.9. The lowest BCUT2D eigenvalue weighted by atomic mass is 10.2. The number of rotatable bonds is 8. The topological polar surface area (TPSA) is 127 Å². The van der Waals surface area contributed by atoms with Gasteiger partial charge in [-0.2, -0.15) is 0 Å². The van der Waals surface area contributed by atoms with Gasteiger partial charge in [-0.1, -0.05) is 17.9 Å². The SMILES string of the molecule is C=CC(=O)N1CCOC[C@H]1C(=O)NCCn1cnc2cnc(Nc3ncc(-c4ccncc4)s3)cc21. The van der Waals surface area contributed by atoms with Gasteiger partial charge in [0, 0.05) is 44.3 Å². The Balaban J connectivity index is 1.23. The molecule has 4 aromatic rings. The highest BCUT2D eigenvalue weighted by molar-refractivity contribution is 7.18. The number of aromatic nitrogens is 5. The molecule has 2 N–H and O–H groups in total. The predicted molar refractivity (Wildman–Crippen MR) is 136 cm³/mol.